The fraction of sp³-hybridized carbons (Fsp3) is 0.269. The van der Waals surface area contributed by atoms with Gasteiger partial charge in [0.15, 0.2) is 6.35 Å². The van der Waals surface area contributed by atoms with Crippen molar-refractivity contribution in [2.24, 2.45) is 0 Å². The van der Waals surface area contributed by atoms with Gasteiger partial charge in [0.2, 0.25) is 15.9 Å². The number of carbonyl (C=O) groups is 1. The molecule has 178 valence electrons. The summed E-state index contributed by atoms with van der Waals surface area (Å²) < 4.78 is 27.9. The minimum atomic E-state index is -4.00. The predicted molar refractivity (Wildman–Crippen MR) is 132 cm³/mol. The van der Waals surface area contributed by atoms with Crippen molar-refractivity contribution in [2.45, 2.75) is 43.5 Å². The Balaban J connectivity index is 1.57. The van der Waals surface area contributed by atoms with Gasteiger partial charge in [0.25, 0.3) is 0 Å². The fourth-order valence-corrected chi connectivity index (χ4v) is 5.55. The average molecular weight is 480 g/mol. The molecule has 0 radical (unpaired) electrons. The Labute approximate surface area is 200 Å². The summed E-state index contributed by atoms with van der Waals surface area (Å²) in [7, 11) is -4.00. The number of hydrogen-bond donors (Lipinski definition) is 3. The summed E-state index contributed by atoms with van der Waals surface area (Å²) in [5.74, 6) is -0.217. The van der Waals surface area contributed by atoms with Crippen molar-refractivity contribution in [1.29, 1.82) is 0 Å². The second-order valence-electron chi connectivity index (χ2n) is 8.42. The van der Waals surface area contributed by atoms with Crippen molar-refractivity contribution in [3.63, 3.8) is 0 Å². The van der Waals surface area contributed by atoms with Crippen LogP contribution >= 0.6 is 0 Å². The summed E-state index contributed by atoms with van der Waals surface area (Å²) >= 11 is 0. The van der Waals surface area contributed by atoms with Gasteiger partial charge in [-0.15, -0.1) is 0 Å². The number of fused-ring (bicyclic) bond motifs is 1. The van der Waals surface area contributed by atoms with Crippen LogP contribution in [0.3, 0.4) is 0 Å². The van der Waals surface area contributed by atoms with Gasteiger partial charge in [-0.2, -0.15) is 4.72 Å². The molecule has 0 fully saturated rings. The van der Waals surface area contributed by atoms with E-state index in [1.807, 2.05) is 54.6 Å². The van der Waals surface area contributed by atoms with E-state index >= 15 is 0 Å². The van der Waals surface area contributed by atoms with Crippen LogP contribution in [0, 0.1) is 6.92 Å². The first-order chi connectivity index (χ1) is 16.3. The molecule has 8 heteroatoms. The number of aliphatic hydroxyl groups excluding tert-OH is 1. The number of anilines is 1. The standard InChI is InChI=1S/C26H29N3O4S/c1-19-10-5-8-16-24(19)34(32,33)28-26(31)27-22(18-20-11-3-2-4-12-20)25(30)29-17-9-14-21-13-6-7-15-23(21)29/h2-8,10-13,15-16,22,26-28,31H,9,14,17-18H2,1H3/t22-,26?/m0/s1. The van der Waals surface area contributed by atoms with Crippen LogP contribution in [0.4, 0.5) is 5.69 Å². The third-order valence-electron chi connectivity index (χ3n) is 5.97. The third-order valence-corrected chi connectivity index (χ3v) is 7.54. The molecule has 0 spiro atoms. The van der Waals surface area contributed by atoms with Crippen LogP contribution in [0.5, 0.6) is 0 Å². The monoisotopic (exact) mass is 479 g/mol. The topological polar surface area (TPSA) is 98.7 Å². The van der Waals surface area contributed by atoms with E-state index in [1.165, 1.54) is 6.07 Å². The highest BCUT2D eigenvalue weighted by Gasteiger charge is 2.31. The van der Waals surface area contributed by atoms with Crippen LogP contribution in [0.15, 0.2) is 83.8 Å². The zero-order valence-corrected chi connectivity index (χ0v) is 19.8. The maximum atomic E-state index is 13.7. The molecule has 2 atom stereocenters. The maximum absolute atomic E-state index is 13.7. The van der Waals surface area contributed by atoms with Gasteiger partial charge >= 0.3 is 0 Å². The van der Waals surface area contributed by atoms with Gasteiger partial charge in [-0.3, -0.25) is 10.1 Å². The van der Waals surface area contributed by atoms with Gasteiger partial charge in [-0.1, -0.05) is 66.7 Å². The largest absolute Gasteiger partial charge is 0.365 e. The van der Waals surface area contributed by atoms with Crippen molar-refractivity contribution in [3.05, 3.63) is 95.6 Å². The molecule has 1 unspecified atom stereocenters. The number of hydrogen-bond acceptors (Lipinski definition) is 5. The molecule has 0 saturated heterocycles. The number of nitrogens with one attached hydrogen (secondary N) is 2. The van der Waals surface area contributed by atoms with E-state index in [-0.39, 0.29) is 10.8 Å². The number of amides is 1. The summed E-state index contributed by atoms with van der Waals surface area (Å²) in [5, 5.41) is 13.5. The van der Waals surface area contributed by atoms with Crippen LogP contribution in [0.2, 0.25) is 0 Å². The van der Waals surface area contributed by atoms with E-state index in [4.69, 9.17) is 0 Å². The Morgan fingerprint density at radius 1 is 1.00 bits per heavy atom. The molecule has 7 nitrogen and oxygen atoms in total. The average Bonchev–Trinajstić information content (AvgIpc) is 2.83. The molecule has 1 heterocycles. The second kappa shape index (κ2) is 10.5. The highest BCUT2D eigenvalue weighted by atomic mass is 32.2. The lowest BCUT2D eigenvalue weighted by atomic mass is 9.99. The van der Waals surface area contributed by atoms with Gasteiger partial charge < -0.3 is 10.0 Å². The number of carbonyl (C=O) groups excluding carboxylic acids is 1. The lowest BCUT2D eigenvalue weighted by Gasteiger charge is -2.33. The second-order valence-corrected chi connectivity index (χ2v) is 10.1. The summed E-state index contributed by atoms with van der Waals surface area (Å²) in [6.07, 6.45) is 0.377. The Morgan fingerprint density at radius 2 is 1.68 bits per heavy atom. The molecule has 1 amide bonds. The first-order valence-electron chi connectivity index (χ1n) is 11.3. The zero-order chi connectivity index (χ0) is 24.1. The van der Waals surface area contributed by atoms with Crippen LogP contribution in [0.25, 0.3) is 0 Å². The van der Waals surface area contributed by atoms with Gasteiger partial charge in [0, 0.05) is 12.2 Å². The van der Waals surface area contributed by atoms with E-state index in [0.717, 1.165) is 29.7 Å². The molecule has 0 aliphatic carbocycles. The Bertz CT molecular complexity index is 1250. The molecule has 0 aromatic heterocycles. The van der Waals surface area contributed by atoms with Crippen molar-refractivity contribution in [2.75, 3.05) is 11.4 Å². The van der Waals surface area contributed by atoms with Crippen LogP contribution in [-0.2, 0) is 27.7 Å². The molecule has 3 N–H and O–H groups in total. The summed E-state index contributed by atoms with van der Waals surface area (Å²) in [5.41, 5.74) is 3.41. The Kier molecular flexibility index (Phi) is 7.43. The molecule has 0 saturated carbocycles. The quantitative estimate of drug-likeness (QED) is 0.432. The van der Waals surface area contributed by atoms with Crippen molar-refractivity contribution >= 4 is 21.6 Å². The minimum absolute atomic E-state index is 0.0757. The van der Waals surface area contributed by atoms with Gasteiger partial charge in [-0.05, 0) is 55.0 Å². The lowest BCUT2D eigenvalue weighted by molar-refractivity contribution is -0.121. The number of aryl methyl sites for hydroxylation is 2. The third kappa shape index (κ3) is 5.53. The highest BCUT2D eigenvalue weighted by Crippen LogP contribution is 2.27. The smallest absolute Gasteiger partial charge is 0.244 e. The number of para-hydroxylation sites is 1. The molecule has 3 aromatic rings. The molecule has 0 bridgehead atoms. The summed E-state index contributed by atoms with van der Waals surface area (Å²) in [6.45, 7) is 2.25. The van der Waals surface area contributed by atoms with Crippen molar-refractivity contribution in [1.82, 2.24) is 10.0 Å². The number of rotatable bonds is 8. The maximum Gasteiger partial charge on any atom is 0.244 e. The molecule has 1 aliphatic heterocycles. The first-order valence-corrected chi connectivity index (χ1v) is 12.8. The number of aliphatic hydroxyl groups is 1. The SMILES string of the molecule is Cc1ccccc1S(=O)(=O)NC(O)N[C@@H](Cc1ccccc1)C(=O)N1CCCc2ccccc21. The summed E-state index contributed by atoms with van der Waals surface area (Å²) in [6, 6.07) is 22.9. The van der Waals surface area contributed by atoms with E-state index in [1.54, 1.807) is 30.0 Å². The number of nitrogens with zero attached hydrogens (tertiary/aromatic N) is 1. The first kappa shape index (κ1) is 24.1. The van der Waals surface area contributed by atoms with Gasteiger partial charge in [0.05, 0.1) is 10.9 Å². The van der Waals surface area contributed by atoms with Crippen molar-refractivity contribution in [3.8, 4) is 0 Å². The van der Waals surface area contributed by atoms with Crippen molar-refractivity contribution < 1.29 is 18.3 Å². The van der Waals surface area contributed by atoms with Crippen LogP contribution in [0.1, 0.15) is 23.1 Å². The predicted octanol–water partition coefficient (Wildman–Crippen LogP) is 2.73. The molecule has 4 rings (SSSR count). The normalized spacial score (nSPS) is 15.4. The zero-order valence-electron chi connectivity index (χ0n) is 19.0. The molecular weight excluding hydrogens is 450 g/mol. The minimum Gasteiger partial charge on any atom is -0.365 e. The van der Waals surface area contributed by atoms with Crippen LogP contribution in [-0.4, -0.2) is 38.4 Å². The van der Waals surface area contributed by atoms with E-state index in [0.29, 0.717) is 18.5 Å². The number of sulfonamides is 1. The summed E-state index contributed by atoms with van der Waals surface area (Å²) in [4.78, 5) is 15.5. The molecular formula is C26H29N3O4S. The molecule has 1 aliphatic rings. The van der Waals surface area contributed by atoms with Gasteiger partial charge in [-0.25, -0.2) is 8.42 Å². The molecule has 3 aromatic carbocycles. The van der Waals surface area contributed by atoms with E-state index in [2.05, 4.69) is 10.0 Å². The fourth-order valence-electron chi connectivity index (χ4n) is 4.31. The van der Waals surface area contributed by atoms with Gasteiger partial charge in [0.1, 0.15) is 0 Å². The molecule has 34 heavy (non-hydrogen) atoms. The highest BCUT2D eigenvalue weighted by molar-refractivity contribution is 7.89. The number of benzene rings is 3. The Morgan fingerprint density at radius 3 is 2.44 bits per heavy atom. The lowest BCUT2D eigenvalue weighted by Crippen LogP contribution is -2.56. The van der Waals surface area contributed by atoms with E-state index in [9.17, 15) is 18.3 Å². The van der Waals surface area contributed by atoms with Crippen LogP contribution < -0.4 is 14.9 Å². The van der Waals surface area contributed by atoms with E-state index < -0.39 is 22.4 Å². The Hall–Kier alpha value is -3.04.